The second-order valence-electron chi connectivity index (χ2n) is 3.89. The summed E-state index contributed by atoms with van der Waals surface area (Å²) in [6.45, 7) is 1.37. The molecule has 1 heterocycles. The number of fused-ring (bicyclic) bond motifs is 1. The van der Waals surface area contributed by atoms with Gasteiger partial charge < -0.3 is 15.2 Å². The lowest BCUT2D eigenvalue weighted by molar-refractivity contribution is -0.135. The summed E-state index contributed by atoms with van der Waals surface area (Å²) >= 11 is 0. The molecule has 0 atom stereocenters. The summed E-state index contributed by atoms with van der Waals surface area (Å²) in [4.78, 5) is 10.3. The Kier molecular flexibility index (Phi) is 3.41. The van der Waals surface area contributed by atoms with Crippen LogP contribution in [0.2, 0.25) is 0 Å². The number of carboxylic acid groups (broad SMARTS) is 1. The molecular weight excluding hydrogens is 206 g/mol. The Hall–Kier alpha value is -1.55. The Balaban J connectivity index is 1.97. The van der Waals surface area contributed by atoms with Gasteiger partial charge in [0.2, 0.25) is 0 Å². The molecule has 0 unspecified atom stereocenters. The second kappa shape index (κ2) is 4.99. The molecule has 0 fully saturated rings. The van der Waals surface area contributed by atoms with Crippen molar-refractivity contribution in [3.05, 3.63) is 29.3 Å². The van der Waals surface area contributed by atoms with Crippen molar-refractivity contribution >= 4 is 5.97 Å². The van der Waals surface area contributed by atoms with Crippen LogP contribution in [0.3, 0.4) is 0 Å². The first-order valence-electron chi connectivity index (χ1n) is 5.43. The van der Waals surface area contributed by atoms with Gasteiger partial charge in [0.25, 0.3) is 0 Å². The Morgan fingerprint density at radius 3 is 3.19 bits per heavy atom. The molecule has 1 aromatic carbocycles. The Labute approximate surface area is 94.2 Å². The Bertz CT molecular complexity index is 390. The van der Waals surface area contributed by atoms with Gasteiger partial charge in [-0.15, -0.1) is 0 Å². The van der Waals surface area contributed by atoms with Crippen LogP contribution in [0.4, 0.5) is 0 Å². The fraction of sp³-hybridized carbons (Fsp3) is 0.417. The van der Waals surface area contributed by atoms with Gasteiger partial charge in [-0.1, -0.05) is 12.1 Å². The topological polar surface area (TPSA) is 58.6 Å². The van der Waals surface area contributed by atoms with E-state index in [1.807, 2.05) is 12.1 Å². The third kappa shape index (κ3) is 2.73. The van der Waals surface area contributed by atoms with Gasteiger partial charge in [0.15, 0.2) is 0 Å². The molecule has 0 saturated carbocycles. The number of hydrogen-bond donors (Lipinski definition) is 2. The highest BCUT2D eigenvalue weighted by atomic mass is 16.5. The van der Waals surface area contributed by atoms with Crippen molar-refractivity contribution in [3.8, 4) is 5.75 Å². The van der Waals surface area contributed by atoms with Crippen molar-refractivity contribution in [1.29, 1.82) is 0 Å². The van der Waals surface area contributed by atoms with Crippen LogP contribution in [0.15, 0.2) is 18.2 Å². The molecule has 0 bridgehead atoms. The average molecular weight is 221 g/mol. The average Bonchev–Trinajstić information content (AvgIpc) is 2.28. The number of hydrogen-bond acceptors (Lipinski definition) is 3. The summed E-state index contributed by atoms with van der Waals surface area (Å²) in [5, 5.41) is 11.4. The van der Waals surface area contributed by atoms with Gasteiger partial charge in [-0.25, -0.2) is 0 Å². The molecule has 0 aliphatic carbocycles. The zero-order valence-corrected chi connectivity index (χ0v) is 9.03. The molecule has 4 nitrogen and oxygen atoms in total. The van der Waals surface area contributed by atoms with Gasteiger partial charge in [0.05, 0.1) is 13.2 Å². The normalized spacial score (nSPS) is 14.0. The number of aliphatic carboxylic acids is 1. The third-order valence-electron chi connectivity index (χ3n) is 2.58. The molecule has 0 saturated heterocycles. The lowest BCUT2D eigenvalue weighted by Crippen LogP contribution is -2.22. The molecular formula is C12H15NO3. The molecule has 2 N–H and O–H groups in total. The fourth-order valence-electron chi connectivity index (χ4n) is 1.84. The predicted molar refractivity (Wildman–Crippen MR) is 59.6 cm³/mol. The first-order valence-corrected chi connectivity index (χ1v) is 5.43. The van der Waals surface area contributed by atoms with E-state index < -0.39 is 5.97 Å². The second-order valence-corrected chi connectivity index (χ2v) is 3.89. The Morgan fingerprint density at radius 2 is 2.38 bits per heavy atom. The van der Waals surface area contributed by atoms with Crippen molar-refractivity contribution in [2.24, 2.45) is 0 Å². The SMILES string of the molecule is O=C(O)CNCc1ccc2c(c1)CCCO2. The molecule has 86 valence electrons. The van der Waals surface area contributed by atoms with E-state index in [0.717, 1.165) is 30.8 Å². The summed E-state index contributed by atoms with van der Waals surface area (Å²) in [6, 6.07) is 6.02. The monoisotopic (exact) mass is 221 g/mol. The zero-order valence-electron chi connectivity index (χ0n) is 9.03. The van der Waals surface area contributed by atoms with Crippen molar-refractivity contribution < 1.29 is 14.6 Å². The van der Waals surface area contributed by atoms with Gasteiger partial charge in [0.1, 0.15) is 5.75 Å². The quantitative estimate of drug-likeness (QED) is 0.801. The van der Waals surface area contributed by atoms with Gasteiger partial charge in [0, 0.05) is 6.54 Å². The van der Waals surface area contributed by atoms with Crippen molar-refractivity contribution in [2.45, 2.75) is 19.4 Å². The fourth-order valence-corrected chi connectivity index (χ4v) is 1.84. The van der Waals surface area contributed by atoms with Gasteiger partial charge in [-0.2, -0.15) is 0 Å². The summed E-state index contributed by atoms with van der Waals surface area (Å²) < 4.78 is 5.51. The van der Waals surface area contributed by atoms with Crippen LogP contribution < -0.4 is 10.1 Å². The first-order chi connectivity index (χ1) is 7.75. The van der Waals surface area contributed by atoms with E-state index >= 15 is 0 Å². The minimum absolute atomic E-state index is 0.00636. The smallest absolute Gasteiger partial charge is 0.317 e. The summed E-state index contributed by atoms with van der Waals surface area (Å²) in [5.74, 6) is 0.134. The number of benzene rings is 1. The van der Waals surface area contributed by atoms with Crippen LogP contribution in [-0.2, 0) is 17.8 Å². The lowest BCUT2D eigenvalue weighted by Gasteiger charge is -2.17. The molecule has 1 aliphatic heterocycles. The number of aryl methyl sites for hydroxylation is 1. The molecule has 0 spiro atoms. The number of nitrogens with one attached hydrogen (secondary N) is 1. The number of ether oxygens (including phenoxy) is 1. The van der Waals surface area contributed by atoms with Gasteiger partial charge in [-0.05, 0) is 30.0 Å². The first kappa shape index (κ1) is 11.0. The van der Waals surface area contributed by atoms with Crippen molar-refractivity contribution in [1.82, 2.24) is 5.32 Å². The highest BCUT2D eigenvalue weighted by molar-refractivity contribution is 5.69. The van der Waals surface area contributed by atoms with Gasteiger partial charge >= 0.3 is 5.97 Å². The maximum Gasteiger partial charge on any atom is 0.317 e. The minimum Gasteiger partial charge on any atom is -0.493 e. The zero-order chi connectivity index (χ0) is 11.4. The molecule has 16 heavy (non-hydrogen) atoms. The summed E-state index contributed by atoms with van der Waals surface area (Å²) in [7, 11) is 0. The Morgan fingerprint density at radius 1 is 1.50 bits per heavy atom. The highest BCUT2D eigenvalue weighted by Gasteiger charge is 2.10. The molecule has 1 aromatic rings. The van der Waals surface area contributed by atoms with E-state index in [1.54, 1.807) is 0 Å². The van der Waals surface area contributed by atoms with Crippen LogP contribution in [0.25, 0.3) is 0 Å². The molecule has 0 radical (unpaired) electrons. The van der Waals surface area contributed by atoms with E-state index in [0.29, 0.717) is 6.54 Å². The van der Waals surface area contributed by atoms with E-state index in [1.165, 1.54) is 5.56 Å². The standard InChI is InChI=1S/C12H15NO3/c14-12(15)8-13-7-9-3-4-11-10(6-9)2-1-5-16-11/h3-4,6,13H,1-2,5,7-8H2,(H,14,15). The molecule has 2 rings (SSSR count). The molecule has 0 amide bonds. The van der Waals surface area contributed by atoms with Crippen LogP contribution in [-0.4, -0.2) is 24.2 Å². The third-order valence-corrected chi connectivity index (χ3v) is 2.58. The summed E-state index contributed by atoms with van der Waals surface area (Å²) in [5.41, 5.74) is 2.33. The van der Waals surface area contributed by atoms with E-state index in [-0.39, 0.29) is 6.54 Å². The number of carboxylic acids is 1. The van der Waals surface area contributed by atoms with Crippen molar-refractivity contribution in [2.75, 3.05) is 13.2 Å². The highest BCUT2D eigenvalue weighted by Crippen LogP contribution is 2.25. The van der Waals surface area contributed by atoms with Crippen LogP contribution in [0.5, 0.6) is 5.75 Å². The number of rotatable bonds is 4. The minimum atomic E-state index is -0.832. The van der Waals surface area contributed by atoms with E-state index in [4.69, 9.17) is 9.84 Å². The predicted octanol–water partition coefficient (Wildman–Crippen LogP) is 1.19. The largest absolute Gasteiger partial charge is 0.493 e. The van der Waals surface area contributed by atoms with Crippen LogP contribution in [0.1, 0.15) is 17.5 Å². The van der Waals surface area contributed by atoms with Crippen LogP contribution in [0, 0.1) is 0 Å². The molecule has 0 aromatic heterocycles. The van der Waals surface area contributed by atoms with E-state index in [2.05, 4.69) is 11.4 Å². The summed E-state index contributed by atoms with van der Waals surface area (Å²) in [6.07, 6.45) is 2.10. The number of carbonyl (C=O) groups is 1. The van der Waals surface area contributed by atoms with E-state index in [9.17, 15) is 4.79 Å². The molecule has 1 aliphatic rings. The van der Waals surface area contributed by atoms with Crippen molar-refractivity contribution in [3.63, 3.8) is 0 Å². The van der Waals surface area contributed by atoms with Gasteiger partial charge in [-0.3, -0.25) is 4.79 Å². The lowest BCUT2D eigenvalue weighted by atomic mass is 10.0. The van der Waals surface area contributed by atoms with Crippen LogP contribution >= 0.6 is 0 Å². The maximum atomic E-state index is 10.3. The maximum absolute atomic E-state index is 10.3. The molecule has 4 heteroatoms.